The van der Waals surface area contributed by atoms with E-state index in [1.807, 2.05) is 30.3 Å². The van der Waals surface area contributed by atoms with E-state index in [2.05, 4.69) is 51.2 Å². The van der Waals surface area contributed by atoms with Crippen LogP contribution < -0.4 is 10.1 Å². The number of carbonyl (C=O) groups is 1. The third-order valence-corrected chi connectivity index (χ3v) is 7.18. The Labute approximate surface area is 198 Å². The number of rotatable bonds is 6. The molecule has 7 nitrogen and oxygen atoms in total. The molecule has 5 rings (SSSR count). The number of hydrogen-bond acceptors (Lipinski definition) is 7. The Morgan fingerprint density at radius 3 is 2.73 bits per heavy atom. The Morgan fingerprint density at radius 1 is 1.09 bits per heavy atom. The van der Waals surface area contributed by atoms with Crippen molar-refractivity contribution in [3.05, 3.63) is 59.8 Å². The molecule has 166 valence electrons. The van der Waals surface area contributed by atoms with Crippen molar-refractivity contribution in [3.63, 3.8) is 0 Å². The number of amides is 1. The van der Waals surface area contributed by atoms with Gasteiger partial charge < -0.3 is 15.0 Å². The van der Waals surface area contributed by atoms with Crippen LogP contribution in [0.5, 0.6) is 5.75 Å². The minimum atomic E-state index is -0.125. The van der Waals surface area contributed by atoms with Crippen LogP contribution >= 0.6 is 23.1 Å². The number of pyridine rings is 1. The zero-order chi connectivity index (χ0) is 22.9. The van der Waals surface area contributed by atoms with E-state index < -0.39 is 0 Å². The first kappa shape index (κ1) is 21.4. The summed E-state index contributed by atoms with van der Waals surface area (Å²) in [6.07, 6.45) is 1.78. The van der Waals surface area contributed by atoms with Gasteiger partial charge in [0.1, 0.15) is 11.6 Å². The molecule has 9 heteroatoms. The maximum atomic E-state index is 12.4. The van der Waals surface area contributed by atoms with Crippen LogP contribution in [0.3, 0.4) is 0 Å². The molecule has 2 N–H and O–H groups in total. The third kappa shape index (κ3) is 4.55. The molecule has 0 saturated heterocycles. The number of ether oxygens (including phenoxy) is 1. The summed E-state index contributed by atoms with van der Waals surface area (Å²) in [6.45, 7) is 4.17. The van der Waals surface area contributed by atoms with Crippen molar-refractivity contribution in [3.8, 4) is 17.1 Å². The minimum absolute atomic E-state index is 0.125. The first-order chi connectivity index (χ1) is 16.0. The molecule has 0 atom stereocenters. The minimum Gasteiger partial charge on any atom is -0.497 e. The van der Waals surface area contributed by atoms with Crippen LogP contribution in [-0.4, -0.2) is 38.7 Å². The number of thioether (sulfide) groups is 1. The summed E-state index contributed by atoms with van der Waals surface area (Å²) in [4.78, 5) is 29.4. The van der Waals surface area contributed by atoms with Crippen LogP contribution in [0.4, 0.5) is 5.13 Å². The summed E-state index contributed by atoms with van der Waals surface area (Å²) in [6, 6.07) is 13.7. The van der Waals surface area contributed by atoms with Gasteiger partial charge in [-0.2, -0.15) is 0 Å². The highest BCUT2D eigenvalue weighted by Gasteiger charge is 2.11. The van der Waals surface area contributed by atoms with Crippen molar-refractivity contribution in [1.82, 2.24) is 19.9 Å². The molecule has 3 aromatic heterocycles. The van der Waals surface area contributed by atoms with Gasteiger partial charge in [-0.1, -0.05) is 23.1 Å². The topological polar surface area (TPSA) is 92.8 Å². The number of imidazole rings is 1. The Kier molecular flexibility index (Phi) is 5.74. The molecule has 0 radical (unpaired) electrons. The van der Waals surface area contributed by atoms with Crippen LogP contribution in [0, 0.1) is 13.8 Å². The van der Waals surface area contributed by atoms with Gasteiger partial charge >= 0.3 is 0 Å². The Balaban J connectivity index is 1.22. The maximum absolute atomic E-state index is 12.4. The smallest absolute Gasteiger partial charge is 0.236 e. The maximum Gasteiger partial charge on any atom is 0.236 e. The molecule has 33 heavy (non-hydrogen) atoms. The molecule has 1 amide bonds. The van der Waals surface area contributed by atoms with E-state index in [1.165, 1.54) is 34.2 Å². The molecule has 3 heterocycles. The Bertz CT molecular complexity index is 1440. The second kappa shape index (κ2) is 8.84. The number of fused-ring (bicyclic) bond motifs is 2. The summed E-state index contributed by atoms with van der Waals surface area (Å²) in [7, 11) is 1.63. The Hall–Kier alpha value is -3.43. The van der Waals surface area contributed by atoms with Crippen LogP contribution in [0.25, 0.3) is 32.6 Å². The lowest BCUT2D eigenvalue weighted by Crippen LogP contribution is -2.13. The predicted molar refractivity (Wildman–Crippen MR) is 134 cm³/mol. The monoisotopic (exact) mass is 475 g/mol. The van der Waals surface area contributed by atoms with E-state index in [0.717, 1.165) is 43.4 Å². The molecule has 0 fully saturated rings. The highest BCUT2D eigenvalue weighted by molar-refractivity contribution is 7.99. The zero-order valence-corrected chi connectivity index (χ0v) is 19.9. The van der Waals surface area contributed by atoms with Crippen LogP contribution in [0.1, 0.15) is 11.1 Å². The van der Waals surface area contributed by atoms with Crippen molar-refractivity contribution in [2.45, 2.75) is 18.9 Å². The van der Waals surface area contributed by atoms with Gasteiger partial charge in [0.25, 0.3) is 0 Å². The number of nitrogens with one attached hydrogen (secondary N) is 2. The van der Waals surface area contributed by atoms with Crippen LogP contribution in [-0.2, 0) is 4.79 Å². The number of nitrogens with zero attached hydrogens (tertiary/aromatic N) is 3. The number of aromatic nitrogens is 4. The van der Waals surface area contributed by atoms with Crippen molar-refractivity contribution < 1.29 is 9.53 Å². The number of anilines is 1. The van der Waals surface area contributed by atoms with E-state index in [9.17, 15) is 4.79 Å². The fraction of sp³-hybridized carbons (Fsp3) is 0.167. The number of aryl methyl sites for hydroxylation is 2. The van der Waals surface area contributed by atoms with Crippen LogP contribution in [0.2, 0.25) is 0 Å². The molecule has 0 saturated carbocycles. The molecule has 5 aromatic rings. The zero-order valence-electron chi connectivity index (χ0n) is 18.3. The van der Waals surface area contributed by atoms with Crippen molar-refractivity contribution in [2.24, 2.45) is 0 Å². The number of aromatic amines is 1. The molecular formula is C24H21N5O2S2. The van der Waals surface area contributed by atoms with Crippen LogP contribution in [0.15, 0.2) is 53.7 Å². The summed E-state index contributed by atoms with van der Waals surface area (Å²) < 4.78 is 6.20. The first-order valence-corrected chi connectivity index (χ1v) is 12.1. The molecule has 0 bridgehead atoms. The van der Waals surface area contributed by atoms with Gasteiger partial charge in [0.15, 0.2) is 5.13 Å². The number of hydrogen-bond donors (Lipinski definition) is 2. The lowest BCUT2D eigenvalue weighted by atomic mass is 10.1. The molecule has 0 aliphatic carbocycles. The molecule has 2 aromatic carbocycles. The molecule has 0 aliphatic rings. The predicted octanol–water partition coefficient (Wildman–Crippen LogP) is 5.59. The number of H-pyrrole nitrogens is 1. The second-order valence-corrected chi connectivity index (χ2v) is 9.64. The average molecular weight is 476 g/mol. The van der Waals surface area contributed by atoms with E-state index in [-0.39, 0.29) is 11.7 Å². The van der Waals surface area contributed by atoms with Crippen molar-refractivity contribution in [1.29, 1.82) is 0 Å². The van der Waals surface area contributed by atoms with Gasteiger partial charge in [-0.3, -0.25) is 4.79 Å². The number of thiazole rings is 1. The van der Waals surface area contributed by atoms with Crippen molar-refractivity contribution >= 4 is 55.4 Å². The average Bonchev–Trinajstić information content (AvgIpc) is 3.40. The van der Waals surface area contributed by atoms with Gasteiger partial charge in [0.05, 0.1) is 39.1 Å². The summed E-state index contributed by atoms with van der Waals surface area (Å²) in [5.74, 6) is 1.67. The van der Waals surface area contributed by atoms with Gasteiger partial charge in [0, 0.05) is 11.8 Å². The van der Waals surface area contributed by atoms with Gasteiger partial charge in [0.2, 0.25) is 5.91 Å². The summed E-state index contributed by atoms with van der Waals surface area (Å²) in [5, 5.41) is 4.21. The highest BCUT2D eigenvalue weighted by atomic mass is 32.2. The van der Waals surface area contributed by atoms with E-state index in [4.69, 9.17) is 4.74 Å². The SMILES string of the molecule is COc1ccc2nc(NC(=O)CSc3ccc(-c4nc5cc(C)c(C)cc5[nH]4)cn3)sc2c1. The molecule has 0 aliphatic heterocycles. The highest BCUT2D eigenvalue weighted by Crippen LogP contribution is 2.29. The summed E-state index contributed by atoms with van der Waals surface area (Å²) >= 11 is 2.80. The Morgan fingerprint density at radius 2 is 1.94 bits per heavy atom. The fourth-order valence-corrected chi connectivity index (χ4v) is 4.95. The molecule has 0 unspecified atom stereocenters. The third-order valence-electron chi connectivity index (χ3n) is 5.30. The van der Waals surface area contributed by atoms with E-state index >= 15 is 0 Å². The van der Waals surface area contributed by atoms with Gasteiger partial charge in [-0.25, -0.2) is 15.0 Å². The van der Waals surface area contributed by atoms with Crippen molar-refractivity contribution in [2.75, 3.05) is 18.2 Å². The van der Waals surface area contributed by atoms with Gasteiger partial charge in [-0.15, -0.1) is 0 Å². The number of methoxy groups -OCH3 is 1. The largest absolute Gasteiger partial charge is 0.497 e. The lowest BCUT2D eigenvalue weighted by Gasteiger charge is -2.02. The molecular weight excluding hydrogens is 454 g/mol. The van der Waals surface area contributed by atoms with E-state index in [1.54, 1.807) is 13.3 Å². The summed E-state index contributed by atoms with van der Waals surface area (Å²) in [5.41, 5.74) is 6.13. The lowest BCUT2D eigenvalue weighted by molar-refractivity contribution is -0.113. The number of carbonyl (C=O) groups excluding carboxylic acids is 1. The second-order valence-electron chi connectivity index (χ2n) is 7.61. The standard InChI is InChI=1S/C24H21N5O2S2/c1-13-8-18-19(9-14(13)2)27-23(26-18)15-4-7-22(25-11-15)32-12-21(30)29-24-28-17-6-5-16(31-3)10-20(17)33-24/h4-11H,12H2,1-3H3,(H,26,27)(H,28,29,30). The number of benzene rings is 2. The molecule has 0 spiro atoms. The first-order valence-electron chi connectivity index (χ1n) is 10.3. The fourth-order valence-electron chi connectivity index (χ4n) is 3.39. The quantitative estimate of drug-likeness (QED) is 0.311. The van der Waals surface area contributed by atoms with Gasteiger partial charge in [-0.05, 0) is 67.4 Å². The van der Waals surface area contributed by atoms with E-state index in [0.29, 0.717) is 5.13 Å². The normalized spacial score (nSPS) is 11.2.